The predicted octanol–water partition coefficient (Wildman–Crippen LogP) is 5.94. The molecule has 4 nitrogen and oxygen atoms in total. The Bertz CT molecular complexity index is 1150. The molecule has 1 fully saturated rings. The Labute approximate surface area is 201 Å². The van der Waals surface area contributed by atoms with Gasteiger partial charge in [-0.3, -0.25) is 9.69 Å². The first kappa shape index (κ1) is 24.1. The molecule has 34 heavy (non-hydrogen) atoms. The SMILES string of the molecule is O=C(C=Cc1cccc(Cl)c1)NC1CCN(Cc2ccn(-c3ccc(C(F)(F)F)cc3)c2)CC1. The minimum Gasteiger partial charge on any atom is -0.350 e. The van der Waals surface area contributed by atoms with E-state index in [1.807, 2.05) is 35.2 Å². The smallest absolute Gasteiger partial charge is 0.350 e. The molecular weight excluding hydrogens is 463 g/mol. The maximum atomic E-state index is 12.8. The van der Waals surface area contributed by atoms with Gasteiger partial charge in [0.25, 0.3) is 0 Å². The second-order valence-corrected chi connectivity index (χ2v) is 8.86. The lowest BCUT2D eigenvalue weighted by atomic mass is 10.0. The van der Waals surface area contributed by atoms with Gasteiger partial charge in [-0.05, 0) is 72.5 Å². The Kier molecular flexibility index (Phi) is 7.44. The van der Waals surface area contributed by atoms with Crippen LogP contribution in [-0.2, 0) is 17.5 Å². The third kappa shape index (κ3) is 6.52. The van der Waals surface area contributed by atoms with Crippen molar-refractivity contribution in [3.8, 4) is 5.69 Å². The van der Waals surface area contributed by atoms with Gasteiger partial charge in [-0.2, -0.15) is 13.2 Å². The van der Waals surface area contributed by atoms with Crippen LogP contribution < -0.4 is 5.32 Å². The highest BCUT2D eigenvalue weighted by Crippen LogP contribution is 2.29. The molecule has 0 saturated carbocycles. The second-order valence-electron chi connectivity index (χ2n) is 8.42. The molecule has 1 N–H and O–H groups in total. The van der Waals surface area contributed by atoms with Crippen LogP contribution in [0.4, 0.5) is 13.2 Å². The van der Waals surface area contributed by atoms with Gasteiger partial charge < -0.3 is 9.88 Å². The van der Waals surface area contributed by atoms with E-state index in [-0.39, 0.29) is 11.9 Å². The fourth-order valence-electron chi connectivity index (χ4n) is 4.04. The van der Waals surface area contributed by atoms with E-state index in [4.69, 9.17) is 11.6 Å². The molecule has 1 saturated heterocycles. The van der Waals surface area contributed by atoms with Crippen molar-refractivity contribution >= 4 is 23.6 Å². The minimum atomic E-state index is -4.33. The van der Waals surface area contributed by atoms with E-state index in [9.17, 15) is 18.0 Å². The minimum absolute atomic E-state index is 0.118. The number of nitrogens with zero attached hydrogens (tertiary/aromatic N) is 2. The van der Waals surface area contributed by atoms with Gasteiger partial charge in [0.1, 0.15) is 0 Å². The molecule has 1 aliphatic heterocycles. The average molecular weight is 488 g/mol. The summed E-state index contributed by atoms with van der Waals surface area (Å²) in [5.74, 6) is -0.118. The zero-order valence-electron chi connectivity index (χ0n) is 18.4. The summed E-state index contributed by atoms with van der Waals surface area (Å²) in [6, 6.07) is 14.6. The summed E-state index contributed by atoms with van der Waals surface area (Å²) in [5, 5.41) is 3.69. The first-order chi connectivity index (χ1) is 16.3. The summed E-state index contributed by atoms with van der Waals surface area (Å²) in [6.07, 6.45) is 4.46. The molecule has 2 aromatic carbocycles. The Morgan fingerprint density at radius 3 is 2.50 bits per heavy atom. The second kappa shape index (κ2) is 10.5. The summed E-state index contributed by atoms with van der Waals surface area (Å²) in [5.41, 5.74) is 2.00. The number of aromatic nitrogens is 1. The number of piperidine rings is 1. The Hall–Kier alpha value is -3.03. The van der Waals surface area contributed by atoms with Crippen molar-refractivity contribution in [1.82, 2.24) is 14.8 Å². The molecule has 1 aromatic heterocycles. The Morgan fingerprint density at radius 2 is 1.82 bits per heavy atom. The number of hydrogen-bond donors (Lipinski definition) is 1. The molecule has 0 unspecified atom stereocenters. The first-order valence-corrected chi connectivity index (χ1v) is 11.4. The maximum absolute atomic E-state index is 12.8. The van der Waals surface area contributed by atoms with Gasteiger partial charge in [0.2, 0.25) is 5.91 Å². The number of nitrogens with one attached hydrogen (secondary N) is 1. The fourth-order valence-corrected chi connectivity index (χ4v) is 4.24. The van der Waals surface area contributed by atoms with Crippen molar-refractivity contribution in [3.05, 3.63) is 94.8 Å². The number of carbonyl (C=O) groups is 1. The molecule has 2 heterocycles. The van der Waals surface area contributed by atoms with Crippen molar-refractivity contribution in [2.45, 2.75) is 31.6 Å². The number of rotatable bonds is 6. The van der Waals surface area contributed by atoms with Gasteiger partial charge in [0.05, 0.1) is 5.56 Å². The molecular formula is C26H25ClF3N3O. The number of amides is 1. The molecule has 1 amide bonds. The number of alkyl halides is 3. The predicted molar refractivity (Wildman–Crippen MR) is 128 cm³/mol. The molecule has 3 aromatic rings. The lowest BCUT2D eigenvalue weighted by Crippen LogP contribution is -2.43. The van der Waals surface area contributed by atoms with Crippen LogP contribution in [0.2, 0.25) is 5.02 Å². The molecule has 0 bridgehead atoms. The number of benzene rings is 2. The normalized spacial score (nSPS) is 15.6. The molecule has 178 valence electrons. The standard InChI is InChI=1S/C26H25ClF3N3O/c27-22-3-1-2-19(16-22)4-9-25(34)31-23-11-13-32(14-12-23)17-20-10-15-33(18-20)24-7-5-21(6-8-24)26(28,29)30/h1-10,15-16,18,23H,11-14,17H2,(H,31,34). The van der Waals surface area contributed by atoms with Crippen molar-refractivity contribution in [1.29, 1.82) is 0 Å². The van der Waals surface area contributed by atoms with E-state index in [0.29, 0.717) is 10.7 Å². The van der Waals surface area contributed by atoms with Gasteiger partial charge in [-0.25, -0.2) is 0 Å². The van der Waals surface area contributed by atoms with Gasteiger partial charge in [0.15, 0.2) is 0 Å². The molecule has 0 radical (unpaired) electrons. The van der Waals surface area contributed by atoms with Crippen LogP contribution in [0, 0.1) is 0 Å². The molecule has 4 rings (SSSR count). The first-order valence-electron chi connectivity index (χ1n) is 11.1. The molecule has 0 aliphatic carbocycles. The number of halogens is 4. The molecule has 1 aliphatic rings. The maximum Gasteiger partial charge on any atom is 0.416 e. The quantitative estimate of drug-likeness (QED) is 0.437. The number of hydrogen-bond acceptors (Lipinski definition) is 2. The monoisotopic (exact) mass is 487 g/mol. The van der Waals surface area contributed by atoms with Crippen molar-refractivity contribution in [2.24, 2.45) is 0 Å². The van der Waals surface area contributed by atoms with Crippen LogP contribution in [-0.4, -0.2) is 34.5 Å². The molecule has 8 heteroatoms. The van der Waals surface area contributed by atoms with Crippen LogP contribution in [0.15, 0.2) is 73.1 Å². The van der Waals surface area contributed by atoms with E-state index < -0.39 is 11.7 Å². The largest absolute Gasteiger partial charge is 0.416 e. The number of likely N-dealkylation sites (tertiary alicyclic amines) is 1. The lowest BCUT2D eigenvalue weighted by molar-refractivity contribution is -0.137. The van der Waals surface area contributed by atoms with Crippen LogP contribution >= 0.6 is 11.6 Å². The zero-order valence-corrected chi connectivity index (χ0v) is 19.2. The van der Waals surface area contributed by atoms with E-state index >= 15 is 0 Å². The third-order valence-corrected chi connectivity index (χ3v) is 6.10. The Morgan fingerprint density at radius 1 is 1.09 bits per heavy atom. The van der Waals surface area contributed by atoms with Crippen LogP contribution in [0.1, 0.15) is 29.5 Å². The van der Waals surface area contributed by atoms with E-state index in [1.165, 1.54) is 18.2 Å². The van der Waals surface area contributed by atoms with Gasteiger partial charge >= 0.3 is 6.18 Å². The Balaban J connectivity index is 1.24. The van der Waals surface area contributed by atoms with Crippen molar-refractivity contribution in [2.75, 3.05) is 13.1 Å². The topological polar surface area (TPSA) is 37.3 Å². The van der Waals surface area contributed by atoms with E-state index in [0.717, 1.165) is 55.7 Å². The summed E-state index contributed by atoms with van der Waals surface area (Å²) in [4.78, 5) is 14.6. The van der Waals surface area contributed by atoms with Crippen molar-refractivity contribution in [3.63, 3.8) is 0 Å². The summed E-state index contributed by atoms with van der Waals surface area (Å²) < 4.78 is 40.1. The lowest BCUT2D eigenvalue weighted by Gasteiger charge is -2.31. The molecule has 0 spiro atoms. The average Bonchev–Trinajstić information content (AvgIpc) is 3.27. The van der Waals surface area contributed by atoms with Gasteiger partial charge in [-0.1, -0.05) is 23.7 Å². The highest BCUT2D eigenvalue weighted by atomic mass is 35.5. The molecule has 0 atom stereocenters. The summed E-state index contributed by atoms with van der Waals surface area (Å²) in [7, 11) is 0. The fraction of sp³-hybridized carbons (Fsp3) is 0.269. The van der Waals surface area contributed by atoms with Crippen LogP contribution in [0.5, 0.6) is 0 Å². The van der Waals surface area contributed by atoms with Crippen molar-refractivity contribution < 1.29 is 18.0 Å². The van der Waals surface area contributed by atoms with Gasteiger partial charge in [0, 0.05) is 54.9 Å². The number of carbonyl (C=O) groups excluding carboxylic acids is 1. The van der Waals surface area contributed by atoms with E-state index in [1.54, 1.807) is 18.2 Å². The highest BCUT2D eigenvalue weighted by Gasteiger charge is 2.30. The van der Waals surface area contributed by atoms with Gasteiger partial charge in [-0.15, -0.1) is 0 Å². The summed E-state index contributed by atoms with van der Waals surface area (Å²) in [6.45, 7) is 2.46. The zero-order chi connectivity index (χ0) is 24.1. The van der Waals surface area contributed by atoms with Crippen LogP contribution in [0.25, 0.3) is 11.8 Å². The highest BCUT2D eigenvalue weighted by molar-refractivity contribution is 6.30. The summed E-state index contributed by atoms with van der Waals surface area (Å²) >= 11 is 5.96. The third-order valence-electron chi connectivity index (χ3n) is 5.86. The van der Waals surface area contributed by atoms with Crippen LogP contribution in [0.3, 0.4) is 0 Å². The van der Waals surface area contributed by atoms with E-state index in [2.05, 4.69) is 10.2 Å².